The van der Waals surface area contributed by atoms with Crippen molar-refractivity contribution in [2.45, 2.75) is 6.42 Å². The molecule has 1 aliphatic rings. The SMILES string of the molecule is COc1cccc(NC(=O)c2cccc(N3C[C@@H](C(=O)OCC(=O)c4ccc(Cl)cc4)CC3=O)c2)c1. The third-order valence-corrected chi connectivity index (χ3v) is 5.97. The molecule has 0 unspecified atom stereocenters. The summed E-state index contributed by atoms with van der Waals surface area (Å²) in [7, 11) is 1.54. The number of methoxy groups -OCH3 is 1. The maximum Gasteiger partial charge on any atom is 0.311 e. The first-order valence-electron chi connectivity index (χ1n) is 11.2. The summed E-state index contributed by atoms with van der Waals surface area (Å²) >= 11 is 5.82. The number of anilines is 2. The smallest absolute Gasteiger partial charge is 0.311 e. The van der Waals surface area contributed by atoms with Gasteiger partial charge in [0.2, 0.25) is 5.91 Å². The van der Waals surface area contributed by atoms with Crippen LogP contribution in [-0.2, 0) is 14.3 Å². The summed E-state index contributed by atoms with van der Waals surface area (Å²) in [5.74, 6) is -1.72. The standard InChI is InChI=1S/C27H23ClN2O6/c1-35-23-7-3-5-21(14-23)29-26(33)18-4-2-6-22(12-18)30-15-19(13-25(30)32)27(34)36-16-24(31)17-8-10-20(28)11-9-17/h2-12,14,19H,13,15-16H2,1H3,(H,29,33)/t19-/m0/s1. The Morgan fingerprint density at radius 3 is 2.50 bits per heavy atom. The molecule has 1 fully saturated rings. The molecule has 36 heavy (non-hydrogen) atoms. The van der Waals surface area contributed by atoms with Crippen LogP contribution in [0.25, 0.3) is 0 Å². The number of carbonyl (C=O) groups excluding carboxylic acids is 4. The summed E-state index contributed by atoms with van der Waals surface area (Å²) in [6.45, 7) is -0.334. The Labute approximate surface area is 212 Å². The fourth-order valence-corrected chi connectivity index (χ4v) is 3.93. The minimum Gasteiger partial charge on any atom is -0.497 e. The van der Waals surface area contributed by atoms with E-state index in [0.717, 1.165) is 0 Å². The minimum absolute atomic E-state index is 0.0474. The number of ether oxygens (including phenoxy) is 2. The van der Waals surface area contributed by atoms with Crippen molar-refractivity contribution in [1.82, 2.24) is 0 Å². The highest BCUT2D eigenvalue weighted by Gasteiger charge is 2.36. The van der Waals surface area contributed by atoms with Gasteiger partial charge >= 0.3 is 5.97 Å². The normalized spacial score (nSPS) is 14.9. The lowest BCUT2D eigenvalue weighted by molar-refractivity contribution is -0.147. The van der Waals surface area contributed by atoms with E-state index in [0.29, 0.717) is 33.3 Å². The van der Waals surface area contributed by atoms with Crippen molar-refractivity contribution in [3.63, 3.8) is 0 Å². The van der Waals surface area contributed by atoms with E-state index < -0.39 is 18.5 Å². The minimum atomic E-state index is -0.718. The Balaban J connectivity index is 1.37. The topological polar surface area (TPSA) is 102 Å². The van der Waals surface area contributed by atoms with Gasteiger partial charge in [-0.1, -0.05) is 23.7 Å². The Morgan fingerprint density at radius 2 is 1.75 bits per heavy atom. The van der Waals surface area contributed by atoms with Gasteiger partial charge in [-0.15, -0.1) is 0 Å². The van der Waals surface area contributed by atoms with Crippen LogP contribution in [0.2, 0.25) is 5.02 Å². The van der Waals surface area contributed by atoms with Gasteiger partial charge in [0, 0.05) is 46.6 Å². The van der Waals surface area contributed by atoms with Gasteiger partial charge in [0.25, 0.3) is 5.91 Å². The van der Waals surface area contributed by atoms with E-state index in [1.807, 2.05) is 0 Å². The van der Waals surface area contributed by atoms with Gasteiger partial charge in [-0.25, -0.2) is 0 Å². The second-order valence-corrected chi connectivity index (χ2v) is 8.62. The lowest BCUT2D eigenvalue weighted by atomic mass is 10.1. The van der Waals surface area contributed by atoms with Crippen LogP contribution >= 0.6 is 11.6 Å². The van der Waals surface area contributed by atoms with Gasteiger partial charge in [-0.3, -0.25) is 19.2 Å². The molecule has 1 atom stereocenters. The summed E-state index contributed by atoms with van der Waals surface area (Å²) in [6.07, 6.45) is -0.0474. The number of halogens is 1. The Morgan fingerprint density at radius 1 is 1.00 bits per heavy atom. The lowest BCUT2D eigenvalue weighted by Crippen LogP contribution is -2.27. The molecule has 0 radical (unpaired) electrons. The molecule has 0 bridgehead atoms. The number of nitrogens with one attached hydrogen (secondary N) is 1. The van der Waals surface area contributed by atoms with E-state index in [2.05, 4.69) is 5.32 Å². The van der Waals surface area contributed by atoms with Gasteiger partial charge in [-0.2, -0.15) is 0 Å². The number of carbonyl (C=O) groups is 4. The maximum atomic E-state index is 12.8. The highest BCUT2D eigenvalue weighted by atomic mass is 35.5. The number of hydrogen-bond acceptors (Lipinski definition) is 6. The summed E-state index contributed by atoms with van der Waals surface area (Å²) in [4.78, 5) is 51.6. The number of esters is 1. The number of rotatable bonds is 8. The molecule has 184 valence electrons. The molecular weight excluding hydrogens is 484 g/mol. The van der Waals surface area contributed by atoms with Crippen molar-refractivity contribution in [3.05, 3.63) is 88.9 Å². The van der Waals surface area contributed by atoms with E-state index >= 15 is 0 Å². The van der Waals surface area contributed by atoms with E-state index in [1.54, 1.807) is 72.8 Å². The molecule has 1 aliphatic heterocycles. The summed E-state index contributed by atoms with van der Waals surface area (Å²) in [5, 5.41) is 3.29. The van der Waals surface area contributed by atoms with Crippen LogP contribution < -0.4 is 15.0 Å². The molecule has 1 N–H and O–H groups in total. The first kappa shape index (κ1) is 24.9. The monoisotopic (exact) mass is 506 g/mol. The number of benzene rings is 3. The second kappa shape index (κ2) is 11.0. The van der Waals surface area contributed by atoms with Crippen molar-refractivity contribution in [2.75, 3.05) is 30.5 Å². The van der Waals surface area contributed by atoms with Crippen LogP contribution in [-0.4, -0.2) is 43.8 Å². The predicted octanol–water partition coefficient (Wildman–Crippen LogP) is 4.38. The highest BCUT2D eigenvalue weighted by Crippen LogP contribution is 2.27. The Hall–Kier alpha value is -4.17. The summed E-state index contributed by atoms with van der Waals surface area (Å²) < 4.78 is 10.3. The van der Waals surface area contributed by atoms with Gasteiger partial charge in [0.1, 0.15) is 5.75 Å². The fraction of sp³-hybridized carbons (Fsp3) is 0.185. The lowest BCUT2D eigenvalue weighted by Gasteiger charge is -2.17. The molecule has 3 aromatic rings. The summed E-state index contributed by atoms with van der Waals surface area (Å²) in [5.41, 5.74) is 1.78. The van der Waals surface area contributed by atoms with Crippen molar-refractivity contribution in [3.8, 4) is 5.75 Å². The van der Waals surface area contributed by atoms with Crippen LogP contribution in [0, 0.1) is 5.92 Å². The zero-order valence-corrected chi connectivity index (χ0v) is 20.2. The Kier molecular flexibility index (Phi) is 7.65. The largest absolute Gasteiger partial charge is 0.497 e. The zero-order chi connectivity index (χ0) is 25.7. The molecular formula is C27H23ClN2O6. The van der Waals surface area contributed by atoms with Gasteiger partial charge in [-0.05, 0) is 54.6 Å². The van der Waals surface area contributed by atoms with Gasteiger partial charge in [0.15, 0.2) is 12.4 Å². The molecule has 1 heterocycles. The quantitative estimate of drug-likeness (QED) is 0.359. The molecule has 0 saturated carbocycles. The molecule has 2 amide bonds. The fourth-order valence-electron chi connectivity index (χ4n) is 3.81. The van der Waals surface area contributed by atoms with Crippen LogP contribution in [0.15, 0.2) is 72.8 Å². The first-order chi connectivity index (χ1) is 17.3. The van der Waals surface area contributed by atoms with Crippen molar-refractivity contribution < 1.29 is 28.7 Å². The van der Waals surface area contributed by atoms with E-state index in [4.69, 9.17) is 21.1 Å². The number of Topliss-reactive ketones (excluding diaryl/α,β-unsaturated/α-hetero) is 1. The maximum absolute atomic E-state index is 12.8. The number of ketones is 1. The van der Waals surface area contributed by atoms with E-state index in [-0.39, 0.29) is 30.6 Å². The molecule has 8 nitrogen and oxygen atoms in total. The van der Waals surface area contributed by atoms with Crippen molar-refractivity contribution in [1.29, 1.82) is 0 Å². The van der Waals surface area contributed by atoms with Crippen LogP contribution in [0.5, 0.6) is 5.75 Å². The number of amides is 2. The molecule has 3 aromatic carbocycles. The highest BCUT2D eigenvalue weighted by molar-refractivity contribution is 6.30. The Bertz CT molecular complexity index is 1310. The van der Waals surface area contributed by atoms with Crippen LogP contribution in [0.3, 0.4) is 0 Å². The van der Waals surface area contributed by atoms with Gasteiger partial charge in [0.05, 0.1) is 13.0 Å². The molecule has 0 spiro atoms. The van der Waals surface area contributed by atoms with Crippen LogP contribution in [0.4, 0.5) is 11.4 Å². The summed E-state index contributed by atoms with van der Waals surface area (Å²) in [6, 6.07) is 19.8. The first-order valence-corrected chi connectivity index (χ1v) is 11.5. The number of hydrogen-bond donors (Lipinski definition) is 1. The van der Waals surface area contributed by atoms with Crippen molar-refractivity contribution in [2.24, 2.45) is 5.92 Å². The van der Waals surface area contributed by atoms with Gasteiger partial charge < -0.3 is 19.7 Å². The number of nitrogens with zero attached hydrogens (tertiary/aromatic N) is 1. The predicted molar refractivity (Wildman–Crippen MR) is 135 cm³/mol. The molecule has 4 rings (SSSR count). The third kappa shape index (κ3) is 5.90. The second-order valence-electron chi connectivity index (χ2n) is 8.18. The zero-order valence-electron chi connectivity index (χ0n) is 19.4. The molecule has 0 aliphatic carbocycles. The van der Waals surface area contributed by atoms with E-state index in [1.165, 1.54) is 12.0 Å². The van der Waals surface area contributed by atoms with Crippen molar-refractivity contribution >= 4 is 46.5 Å². The third-order valence-electron chi connectivity index (χ3n) is 5.72. The molecule has 9 heteroatoms. The molecule has 0 aromatic heterocycles. The van der Waals surface area contributed by atoms with Crippen LogP contribution in [0.1, 0.15) is 27.1 Å². The van der Waals surface area contributed by atoms with E-state index in [9.17, 15) is 19.2 Å². The molecule has 1 saturated heterocycles. The average molecular weight is 507 g/mol. The average Bonchev–Trinajstić information content (AvgIpc) is 3.29.